The summed E-state index contributed by atoms with van der Waals surface area (Å²) in [4.78, 5) is 12.7. The number of nitrogens with one attached hydrogen (secondary N) is 2. The Morgan fingerprint density at radius 3 is 2.36 bits per heavy atom. The van der Waals surface area contributed by atoms with Crippen LogP contribution in [0.25, 0.3) is 0 Å². The smallest absolute Gasteiger partial charge is 0.255 e. The van der Waals surface area contributed by atoms with Crippen LogP contribution in [0, 0.1) is 19.7 Å². The monoisotopic (exact) mass is 404 g/mol. The van der Waals surface area contributed by atoms with Crippen LogP contribution in [0.5, 0.6) is 0 Å². The number of hydrogen-bond donors (Lipinski definition) is 2. The lowest BCUT2D eigenvalue weighted by Gasteiger charge is -2.22. The van der Waals surface area contributed by atoms with Gasteiger partial charge in [-0.2, -0.15) is 0 Å². The van der Waals surface area contributed by atoms with Gasteiger partial charge in [0.15, 0.2) is 0 Å². The highest BCUT2D eigenvalue weighted by atomic mass is 32.2. The number of carbonyl (C=O) groups is 1. The maximum atomic E-state index is 13.7. The van der Waals surface area contributed by atoms with Crippen LogP contribution in [-0.4, -0.2) is 20.4 Å². The fourth-order valence-corrected chi connectivity index (χ4v) is 4.72. The van der Waals surface area contributed by atoms with Crippen molar-refractivity contribution in [2.45, 2.75) is 56.9 Å². The van der Waals surface area contributed by atoms with Gasteiger partial charge in [0.05, 0.1) is 4.90 Å². The van der Waals surface area contributed by atoms with E-state index in [1.807, 2.05) is 0 Å². The molecule has 0 aliphatic heterocycles. The predicted molar refractivity (Wildman–Crippen MR) is 107 cm³/mol. The predicted octanol–water partition coefficient (Wildman–Crippen LogP) is 4.31. The fourth-order valence-electron chi connectivity index (χ4n) is 3.39. The van der Waals surface area contributed by atoms with Crippen molar-refractivity contribution in [1.29, 1.82) is 0 Å². The van der Waals surface area contributed by atoms with Crippen molar-refractivity contribution in [3.63, 3.8) is 0 Å². The van der Waals surface area contributed by atoms with Gasteiger partial charge < -0.3 is 5.32 Å². The summed E-state index contributed by atoms with van der Waals surface area (Å²) in [5.74, 6) is -0.891. The molecular weight excluding hydrogens is 379 g/mol. The molecule has 0 heterocycles. The fraction of sp³-hybridized carbons (Fsp3) is 0.381. The van der Waals surface area contributed by atoms with Gasteiger partial charge >= 0.3 is 0 Å². The average molecular weight is 405 g/mol. The molecule has 0 aromatic heterocycles. The van der Waals surface area contributed by atoms with E-state index >= 15 is 0 Å². The summed E-state index contributed by atoms with van der Waals surface area (Å²) >= 11 is 0. The van der Waals surface area contributed by atoms with Gasteiger partial charge in [0.2, 0.25) is 10.0 Å². The second kappa shape index (κ2) is 8.41. The van der Waals surface area contributed by atoms with Crippen LogP contribution in [-0.2, 0) is 10.0 Å². The second-order valence-electron chi connectivity index (χ2n) is 7.35. The first-order valence-electron chi connectivity index (χ1n) is 9.47. The lowest BCUT2D eigenvalue weighted by molar-refractivity contribution is 0.102. The molecule has 2 aromatic carbocycles. The SMILES string of the molecule is Cc1ccc(NC(=O)c2cc(S(=O)(=O)NC3CCCCC3)ccc2C)cc1F. The highest BCUT2D eigenvalue weighted by Gasteiger charge is 2.23. The molecule has 0 spiro atoms. The van der Waals surface area contributed by atoms with E-state index in [4.69, 9.17) is 0 Å². The summed E-state index contributed by atoms with van der Waals surface area (Å²) in [6, 6.07) is 8.86. The molecule has 0 bridgehead atoms. The minimum atomic E-state index is -3.71. The van der Waals surface area contributed by atoms with Crippen LogP contribution in [0.4, 0.5) is 10.1 Å². The largest absolute Gasteiger partial charge is 0.322 e. The third-order valence-electron chi connectivity index (χ3n) is 5.12. The van der Waals surface area contributed by atoms with E-state index in [-0.39, 0.29) is 16.5 Å². The highest BCUT2D eigenvalue weighted by Crippen LogP contribution is 2.22. The first kappa shape index (κ1) is 20.5. The molecule has 0 atom stereocenters. The van der Waals surface area contributed by atoms with Gasteiger partial charge in [-0.1, -0.05) is 31.4 Å². The molecular formula is C21H25FN2O3S. The van der Waals surface area contributed by atoms with E-state index in [1.54, 1.807) is 32.0 Å². The van der Waals surface area contributed by atoms with Gasteiger partial charge in [0.1, 0.15) is 5.82 Å². The van der Waals surface area contributed by atoms with E-state index in [2.05, 4.69) is 10.0 Å². The van der Waals surface area contributed by atoms with Crippen LogP contribution < -0.4 is 10.0 Å². The van der Waals surface area contributed by atoms with Crippen molar-refractivity contribution >= 4 is 21.6 Å². The molecule has 1 fully saturated rings. The third kappa shape index (κ3) is 4.77. The Morgan fingerprint density at radius 2 is 1.68 bits per heavy atom. The molecule has 2 N–H and O–H groups in total. The number of benzene rings is 2. The minimum absolute atomic E-state index is 0.0592. The number of halogens is 1. The number of carbonyl (C=O) groups excluding carboxylic acids is 1. The molecule has 2 aromatic rings. The zero-order valence-electron chi connectivity index (χ0n) is 16.1. The van der Waals surface area contributed by atoms with E-state index in [1.165, 1.54) is 18.2 Å². The molecule has 1 aliphatic rings. The van der Waals surface area contributed by atoms with Gasteiger partial charge in [-0.3, -0.25) is 4.79 Å². The van der Waals surface area contributed by atoms with Crippen molar-refractivity contribution in [1.82, 2.24) is 4.72 Å². The molecule has 5 nitrogen and oxygen atoms in total. The number of amides is 1. The number of anilines is 1. The van der Waals surface area contributed by atoms with Crippen molar-refractivity contribution in [2.24, 2.45) is 0 Å². The first-order valence-corrected chi connectivity index (χ1v) is 10.9. The molecule has 0 saturated heterocycles. The summed E-state index contributed by atoms with van der Waals surface area (Å²) in [6.07, 6.45) is 4.82. The maximum absolute atomic E-state index is 13.7. The van der Waals surface area contributed by atoms with Gasteiger partial charge in [0, 0.05) is 17.3 Å². The quantitative estimate of drug-likeness (QED) is 0.780. The summed E-state index contributed by atoms with van der Waals surface area (Å²) in [5, 5.41) is 2.63. The number of rotatable bonds is 5. The first-order chi connectivity index (χ1) is 13.3. The molecule has 7 heteroatoms. The average Bonchev–Trinajstić information content (AvgIpc) is 2.65. The molecule has 1 aliphatic carbocycles. The Labute approximate surface area is 165 Å². The normalized spacial score (nSPS) is 15.4. The second-order valence-corrected chi connectivity index (χ2v) is 9.07. The highest BCUT2D eigenvalue weighted by molar-refractivity contribution is 7.89. The van der Waals surface area contributed by atoms with E-state index in [9.17, 15) is 17.6 Å². The van der Waals surface area contributed by atoms with Crippen LogP contribution in [0.2, 0.25) is 0 Å². The Hall–Kier alpha value is -2.25. The molecule has 1 saturated carbocycles. The van der Waals surface area contributed by atoms with Crippen LogP contribution >= 0.6 is 0 Å². The third-order valence-corrected chi connectivity index (χ3v) is 6.64. The Morgan fingerprint density at radius 1 is 1.00 bits per heavy atom. The summed E-state index contributed by atoms with van der Waals surface area (Å²) in [5.41, 5.74) is 1.69. The van der Waals surface area contributed by atoms with Crippen LogP contribution in [0.15, 0.2) is 41.3 Å². The van der Waals surface area contributed by atoms with Gasteiger partial charge in [-0.15, -0.1) is 0 Å². The molecule has 28 heavy (non-hydrogen) atoms. The summed E-state index contributed by atoms with van der Waals surface area (Å²) in [6.45, 7) is 3.37. The van der Waals surface area contributed by atoms with E-state index in [0.717, 1.165) is 32.1 Å². The minimum Gasteiger partial charge on any atom is -0.322 e. The molecule has 150 valence electrons. The zero-order valence-corrected chi connectivity index (χ0v) is 16.9. The summed E-state index contributed by atoms with van der Waals surface area (Å²) in [7, 11) is -3.71. The van der Waals surface area contributed by atoms with E-state index < -0.39 is 21.7 Å². The van der Waals surface area contributed by atoms with Gasteiger partial charge in [-0.25, -0.2) is 17.5 Å². The Balaban J connectivity index is 1.81. The molecule has 3 rings (SSSR count). The molecule has 0 unspecified atom stereocenters. The van der Waals surface area contributed by atoms with Gasteiger partial charge in [-0.05, 0) is 62.1 Å². The topological polar surface area (TPSA) is 75.3 Å². The van der Waals surface area contributed by atoms with E-state index in [0.29, 0.717) is 16.8 Å². The number of sulfonamides is 1. The van der Waals surface area contributed by atoms with Gasteiger partial charge in [0.25, 0.3) is 5.91 Å². The van der Waals surface area contributed by atoms with Crippen molar-refractivity contribution < 1.29 is 17.6 Å². The lowest BCUT2D eigenvalue weighted by Crippen LogP contribution is -2.36. The lowest BCUT2D eigenvalue weighted by atomic mass is 9.96. The molecule has 1 amide bonds. The zero-order chi connectivity index (χ0) is 20.3. The Kier molecular flexibility index (Phi) is 6.15. The number of aryl methyl sites for hydroxylation is 2. The van der Waals surface area contributed by atoms with Crippen molar-refractivity contribution in [3.05, 3.63) is 58.9 Å². The number of hydrogen-bond acceptors (Lipinski definition) is 3. The van der Waals surface area contributed by atoms with Crippen LogP contribution in [0.3, 0.4) is 0 Å². The van der Waals surface area contributed by atoms with Crippen LogP contribution in [0.1, 0.15) is 53.6 Å². The standard InChI is InChI=1S/C21H25FN2O3S/c1-14-9-11-18(28(26,27)24-16-6-4-3-5-7-16)13-19(14)21(25)23-17-10-8-15(2)20(22)12-17/h8-13,16,24H,3-7H2,1-2H3,(H,23,25). The maximum Gasteiger partial charge on any atom is 0.255 e. The molecule has 0 radical (unpaired) electrons. The summed E-state index contributed by atoms with van der Waals surface area (Å²) < 4.78 is 41.9. The van der Waals surface area contributed by atoms with Crippen molar-refractivity contribution in [2.75, 3.05) is 5.32 Å². The Bertz CT molecular complexity index is 983. The van der Waals surface area contributed by atoms with Crippen molar-refractivity contribution in [3.8, 4) is 0 Å².